The third-order valence-electron chi connectivity index (χ3n) is 2.13. The summed E-state index contributed by atoms with van der Waals surface area (Å²) < 4.78 is 0. The first kappa shape index (κ1) is 10.9. The van der Waals surface area contributed by atoms with Gasteiger partial charge in [0.2, 0.25) is 0 Å². The fourth-order valence-electron chi connectivity index (χ4n) is 1.39. The van der Waals surface area contributed by atoms with E-state index in [0.717, 1.165) is 0 Å². The maximum absolute atomic E-state index is 9.74. The lowest BCUT2D eigenvalue weighted by Crippen LogP contribution is -2.45. The molecule has 0 spiro atoms. The Morgan fingerprint density at radius 2 is 2.21 bits per heavy atom. The van der Waals surface area contributed by atoms with Crippen molar-refractivity contribution in [2.75, 3.05) is 21.1 Å². The highest BCUT2D eigenvalue weighted by atomic mass is 16.3. The molecule has 1 heterocycles. The molecule has 0 saturated carbocycles. The van der Waals surface area contributed by atoms with Gasteiger partial charge in [-0.1, -0.05) is 0 Å². The average Bonchev–Trinajstić information content (AvgIpc) is 2.31. The van der Waals surface area contributed by atoms with Crippen LogP contribution in [0.15, 0.2) is 11.8 Å². The lowest BCUT2D eigenvalue weighted by atomic mass is 10.1. The van der Waals surface area contributed by atoms with E-state index in [1.807, 2.05) is 20.2 Å². The lowest BCUT2D eigenvalue weighted by Gasteiger charge is -2.20. The van der Waals surface area contributed by atoms with Gasteiger partial charge in [0.25, 0.3) is 0 Å². The second kappa shape index (κ2) is 3.94. The van der Waals surface area contributed by atoms with E-state index < -0.39 is 12.3 Å². The molecule has 1 rings (SSSR count). The van der Waals surface area contributed by atoms with E-state index >= 15 is 0 Å². The van der Waals surface area contributed by atoms with E-state index in [1.54, 1.807) is 18.1 Å². The van der Waals surface area contributed by atoms with Crippen LogP contribution in [0.4, 0.5) is 0 Å². The predicted octanol–water partition coefficient (Wildman–Crippen LogP) is -1.32. The number of nitrogens with zero attached hydrogens (tertiary/aromatic N) is 4. The topological polar surface area (TPSA) is 79.8 Å². The highest BCUT2D eigenvalue weighted by Crippen LogP contribution is 2.23. The number of hydrogen-bond donors (Lipinski definition) is 2. The molecule has 78 valence electrons. The molecular formula is C8H15N5O. The Labute approximate surface area is 83.3 Å². The molecule has 2 atom stereocenters. The summed E-state index contributed by atoms with van der Waals surface area (Å²) in [4.78, 5) is 1.77. The fraction of sp³-hybridized carbons (Fsp3) is 0.625. The van der Waals surface area contributed by atoms with Crippen LogP contribution in [0, 0.1) is 11.3 Å². The third-order valence-corrected chi connectivity index (χ3v) is 2.13. The zero-order valence-corrected chi connectivity index (χ0v) is 8.55. The predicted molar refractivity (Wildman–Crippen MR) is 51.0 cm³/mol. The Kier molecular flexibility index (Phi) is 3.08. The van der Waals surface area contributed by atoms with Crippen LogP contribution in [-0.2, 0) is 0 Å². The van der Waals surface area contributed by atoms with Crippen LogP contribution in [0.3, 0.4) is 0 Å². The summed E-state index contributed by atoms with van der Waals surface area (Å²) in [6.07, 6.45) is 0.883. The van der Waals surface area contributed by atoms with Gasteiger partial charge in [0.1, 0.15) is 6.23 Å². The Morgan fingerprint density at radius 1 is 1.64 bits per heavy atom. The van der Waals surface area contributed by atoms with Gasteiger partial charge in [0.05, 0.1) is 6.07 Å². The largest absolute Gasteiger partial charge is 0.383 e. The lowest BCUT2D eigenvalue weighted by molar-refractivity contribution is -0.0639. The number of hydrogen-bond acceptors (Lipinski definition) is 6. The molecule has 0 bridgehead atoms. The zero-order chi connectivity index (χ0) is 10.9. The van der Waals surface area contributed by atoms with Gasteiger partial charge in [-0.15, -0.1) is 0 Å². The molecule has 6 heteroatoms. The van der Waals surface area contributed by atoms with Crippen molar-refractivity contribution in [3.05, 3.63) is 11.8 Å². The normalized spacial score (nSPS) is 32.1. The molecule has 6 nitrogen and oxygen atoms in total. The van der Waals surface area contributed by atoms with Gasteiger partial charge in [0, 0.05) is 32.9 Å². The van der Waals surface area contributed by atoms with Gasteiger partial charge in [-0.05, 0) is 0 Å². The third kappa shape index (κ3) is 1.71. The maximum Gasteiger partial charge on any atom is 0.153 e. The highest BCUT2D eigenvalue weighted by Gasteiger charge is 2.39. The number of nitrogens with two attached hydrogens (primary N) is 1. The van der Waals surface area contributed by atoms with E-state index in [4.69, 9.17) is 11.1 Å². The molecule has 1 aliphatic rings. The van der Waals surface area contributed by atoms with Crippen molar-refractivity contribution in [2.24, 2.45) is 5.84 Å². The molecule has 1 aliphatic heterocycles. The van der Waals surface area contributed by atoms with Gasteiger partial charge in [-0.2, -0.15) is 15.4 Å². The molecule has 14 heavy (non-hydrogen) atoms. The first-order valence-electron chi connectivity index (χ1n) is 4.21. The number of aliphatic hydroxyl groups is 1. The van der Waals surface area contributed by atoms with Crippen molar-refractivity contribution in [3.8, 4) is 6.07 Å². The van der Waals surface area contributed by atoms with Gasteiger partial charge in [-0.25, -0.2) is 0 Å². The van der Waals surface area contributed by atoms with E-state index in [0.29, 0.717) is 5.57 Å². The van der Waals surface area contributed by atoms with Crippen LogP contribution in [0.1, 0.15) is 0 Å². The molecule has 3 N–H and O–H groups in total. The second-order valence-electron chi connectivity index (χ2n) is 3.45. The summed E-state index contributed by atoms with van der Waals surface area (Å²) in [5, 5.41) is 21.3. The zero-order valence-electron chi connectivity index (χ0n) is 8.55. The summed E-state index contributed by atoms with van der Waals surface area (Å²) in [6, 6.07) is 1.43. The van der Waals surface area contributed by atoms with Crippen LogP contribution in [-0.4, -0.2) is 53.5 Å². The first-order valence-corrected chi connectivity index (χ1v) is 4.21. The van der Waals surface area contributed by atoms with Crippen molar-refractivity contribution < 1.29 is 5.11 Å². The van der Waals surface area contributed by atoms with E-state index in [2.05, 4.69) is 0 Å². The number of nitriles is 1. The second-order valence-corrected chi connectivity index (χ2v) is 3.45. The molecule has 0 aromatic rings. The summed E-state index contributed by atoms with van der Waals surface area (Å²) in [6.45, 7) is 0. The molecular weight excluding hydrogens is 182 g/mol. The summed E-state index contributed by atoms with van der Waals surface area (Å²) >= 11 is 0. The van der Waals surface area contributed by atoms with Crippen molar-refractivity contribution >= 4 is 0 Å². The van der Waals surface area contributed by atoms with Crippen molar-refractivity contribution in [2.45, 2.75) is 12.3 Å². The fourth-order valence-corrected chi connectivity index (χ4v) is 1.39. The minimum absolute atomic E-state index is 0.586. The van der Waals surface area contributed by atoms with Crippen LogP contribution < -0.4 is 5.84 Å². The minimum Gasteiger partial charge on any atom is -0.383 e. The van der Waals surface area contributed by atoms with Gasteiger partial charge < -0.3 is 10.0 Å². The number of rotatable bonds is 1. The molecule has 2 unspecified atom stereocenters. The van der Waals surface area contributed by atoms with Crippen LogP contribution in [0.25, 0.3) is 0 Å². The minimum atomic E-state index is -0.827. The summed E-state index contributed by atoms with van der Waals surface area (Å²) in [5.41, 5.74) is 0.586. The quantitative estimate of drug-likeness (QED) is 0.507. The smallest absolute Gasteiger partial charge is 0.153 e. The van der Waals surface area contributed by atoms with Crippen LogP contribution in [0.5, 0.6) is 0 Å². The first-order chi connectivity index (χ1) is 6.49. The molecule has 0 amide bonds. The number of hydrazine groups is 2. The van der Waals surface area contributed by atoms with Gasteiger partial charge in [-0.3, -0.25) is 5.84 Å². The number of likely N-dealkylation sites (N-methyl/N-ethyl adjacent to an activating group) is 1. The van der Waals surface area contributed by atoms with Crippen LogP contribution >= 0.6 is 0 Å². The number of aliphatic hydroxyl groups excluding tert-OH is 1. The maximum atomic E-state index is 9.74. The Morgan fingerprint density at radius 3 is 2.64 bits per heavy atom. The monoisotopic (exact) mass is 197 g/mol. The SMILES string of the molecule is CN(C)C=C1C(O)N(C)N(N)C1C#N. The Hall–Kier alpha value is -1.13. The molecule has 1 fully saturated rings. The van der Waals surface area contributed by atoms with Crippen molar-refractivity contribution in [1.29, 1.82) is 5.26 Å². The van der Waals surface area contributed by atoms with E-state index in [9.17, 15) is 5.11 Å². The Balaban J connectivity index is 3.00. The summed E-state index contributed by atoms with van der Waals surface area (Å²) in [5.74, 6) is 5.61. The van der Waals surface area contributed by atoms with Crippen molar-refractivity contribution in [1.82, 2.24) is 15.0 Å². The molecule has 0 aliphatic carbocycles. The Bertz CT molecular complexity index is 282. The molecule has 0 radical (unpaired) electrons. The van der Waals surface area contributed by atoms with Crippen molar-refractivity contribution in [3.63, 3.8) is 0 Å². The summed E-state index contributed by atoms with van der Waals surface area (Å²) in [7, 11) is 5.28. The molecule has 0 aromatic heterocycles. The average molecular weight is 197 g/mol. The molecule has 1 saturated heterocycles. The van der Waals surface area contributed by atoms with Gasteiger partial charge in [0.15, 0.2) is 6.04 Å². The van der Waals surface area contributed by atoms with E-state index in [1.165, 1.54) is 10.1 Å². The highest BCUT2D eigenvalue weighted by molar-refractivity contribution is 5.25. The van der Waals surface area contributed by atoms with E-state index in [-0.39, 0.29) is 0 Å². The van der Waals surface area contributed by atoms with Gasteiger partial charge >= 0.3 is 0 Å². The standard InChI is InChI=1S/C8H15N5O/c1-11(2)5-6-7(4-9)13(10)12(3)8(6)14/h5,7-8,14H,10H2,1-3H3. The molecule has 0 aromatic carbocycles. The van der Waals surface area contributed by atoms with Crippen LogP contribution in [0.2, 0.25) is 0 Å².